The molecule has 0 spiro atoms. The van der Waals surface area contributed by atoms with Gasteiger partial charge in [0.2, 0.25) is 5.91 Å². The summed E-state index contributed by atoms with van der Waals surface area (Å²) in [6.07, 6.45) is 0. The molecule has 1 amide bonds. The molecule has 0 saturated carbocycles. The molecule has 0 heterocycles. The number of hydrogen-bond acceptors (Lipinski definition) is 6. The molecule has 8 nitrogen and oxygen atoms in total. The zero-order chi connectivity index (χ0) is 22.3. The molecule has 2 aromatic carbocycles. The fourth-order valence-electron chi connectivity index (χ4n) is 2.93. The van der Waals surface area contributed by atoms with Gasteiger partial charge in [0.05, 0.1) is 26.5 Å². The molecule has 0 fully saturated rings. The second-order valence-electron chi connectivity index (χ2n) is 6.79. The van der Waals surface area contributed by atoms with Crippen LogP contribution in [0.15, 0.2) is 47.4 Å². The van der Waals surface area contributed by atoms with Crippen LogP contribution in [0.2, 0.25) is 0 Å². The van der Waals surface area contributed by atoms with Crippen molar-refractivity contribution in [2.45, 2.75) is 24.8 Å². The van der Waals surface area contributed by atoms with Crippen molar-refractivity contribution in [1.29, 1.82) is 0 Å². The summed E-state index contributed by atoms with van der Waals surface area (Å²) >= 11 is 0. The highest BCUT2D eigenvalue weighted by Gasteiger charge is 2.30. The zero-order valence-corrected chi connectivity index (χ0v) is 18.7. The molecule has 164 valence electrons. The normalized spacial score (nSPS) is 12.2. The van der Waals surface area contributed by atoms with Gasteiger partial charge < -0.3 is 19.5 Å². The first kappa shape index (κ1) is 23.5. The van der Waals surface area contributed by atoms with Crippen molar-refractivity contribution in [2.24, 2.45) is 0 Å². The average Bonchev–Trinajstić information content (AvgIpc) is 2.72. The van der Waals surface area contributed by atoms with Gasteiger partial charge in [-0.15, -0.1) is 0 Å². The number of benzene rings is 2. The Labute approximate surface area is 177 Å². The molecule has 2 rings (SSSR count). The van der Waals surface area contributed by atoms with E-state index >= 15 is 0 Å². The van der Waals surface area contributed by atoms with E-state index in [9.17, 15) is 13.2 Å². The summed E-state index contributed by atoms with van der Waals surface area (Å²) in [5.74, 6) is 0.205. The Morgan fingerprint density at radius 2 is 1.83 bits per heavy atom. The number of nitrogens with one attached hydrogen (secondary N) is 1. The number of nitrogens with zero attached hydrogens (tertiary/aromatic N) is 1. The minimum absolute atomic E-state index is 0.0226. The monoisotopic (exact) mass is 436 g/mol. The standard InChI is InChI=1S/C21H28N2O6S/c1-15-9-10-19(29-5)20(11-15)30(25,26)23(13-21(24)22-16(2)14-27-3)17-7-6-8-18(12-17)28-4/h6-12,16H,13-14H2,1-5H3,(H,22,24)/t16-/m1/s1. The zero-order valence-electron chi connectivity index (χ0n) is 17.8. The van der Waals surface area contributed by atoms with Crippen molar-refractivity contribution in [3.05, 3.63) is 48.0 Å². The Bertz CT molecular complexity index is 977. The van der Waals surface area contributed by atoms with E-state index in [1.54, 1.807) is 50.2 Å². The molecule has 0 bridgehead atoms. The van der Waals surface area contributed by atoms with Gasteiger partial charge in [-0.1, -0.05) is 12.1 Å². The third kappa shape index (κ3) is 5.64. The van der Waals surface area contributed by atoms with Crippen LogP contribution in [0.4, 0.5) is 5.69 Å². The molecule has 0 aliphatic carbocycles. The highest BCUT2D eigenvalue weighted by Crippen LogP contribution is 2.32. The van der Waals surface area contributed by atoms with Crippen molar-refractivity contribution >= 4 is 21.6 Å². The first-order chi connectivity index (χ1) is 14.2. The predicted octanol–water partition coefficient (Wildman–Crippen LogP) is 2.36. The van der Waals surface area contributed by atoms with Gasteiger partial charge >= 0.3 is 0 Å². The minimum Gasteiger partial charge on any atom is -0.497 e. The van der Waals surface area contributed by atoms with Gasteiger partial charge in [0.25, 0.3) is 10.0 Å². The van der Waals surface area contributed by atoms with Gasteiger partial charge in [0.15, 0.2) is 0 Å². The topological polar surface area (TPSA) is 94.2 Å². The van der Waals surface area contributed by atoms with Crippen LogP contribution >= 0.6 is 0 Å². The van der Waals surface area contributed by atoms with E-state index in [1.807, 2.05) is 0 Å². The Kier molecular flexibility index (Phi) is 8.08. The van der Waals surface area contributed by atoms with E-state index in [-0.39, 0.29) is 16.7 Å². The Balaban J connectivity index is 2.52. The number of aryl methyl sites for hydroxylation is 1. The van der Waals surface area contributed by atoms with E-state index in [4.69, 9.17) is 14.2 Å². The molecule has 9 heteroatoms. The van der Waals surface area contributed by atoms with Gasteiger partial charge in [-0.3, -0.25) is 9.10 Å². The Hall–Kier alpha value is -2.78. The molecule has 0 aromatic heterocycles. The van der Waals surface area contributed by atoms with Crippen LogP contribution in [-0.4, -0.2) is 54.8 Å². The summed E-state index contributed by atoms with van der Waals surface area (Å²) in [5.41, 5.74) is 1.05. The van der Waals surface area contributed by atoms with Crippen LogP contribution in [0.3, 0.4) is 0 Å². The maximum absolute atomic E-state index is 13.6. The Morgan fingerprint density at radius 1 is 1.10 bits per heavy atom. The van der Waals surface area contributed by atoms with Gasteiger partial charge in [-0.25, -0.2) is 8.42 Å². The number of anilines is 1. The molecule has 0 saturated heterocycles. The average molecular weight is 437 g/mol. The van der Waals surface area contributed by atoms with E-state index < -0.39 is 22.5 Å². The summed E-state index contributed by atoms with van der Waals surface area (Å²) in [5, 5.41) is 2.74. The molecule has 0 aliphatic heterocycles. The van der Waals surface area contributed by atoms with Gasteiger partial charge in [0, 0.05) is 19.2 Å². The third-order valence-corrected chi connectivity index (χ3v) is 6.13. The third-order valence-electron chi connectivity index (χ3n) is 4.34. The van der Waals surface area contributed by atoms with Crippen molar-refractivity contribution in [2.75, 3.05) is 38.8 Å². The molecule has 1 N–H and O–H groups in total. The molecule has 2 aromatic rings. The molecule has 30 heavy (non-hydrogen) atoms. The van der Waals surface area contributed by atoms with Crippen molar-refractivity contribution in [3.63, 3.8) is 0 Å². The van der Waals surface area contributed by atoms with E-state index in [0.29, 0.717) is 18.0 Å². The lowest BCUT2D eigenvalue weighted by Crippen LogP contribution is -2.44. The molecular formula is C21H28N2O6S. The highest BCUT2D eigenvalue weighted by atomic mass is 32.2. The second-order valence-corrected chi connectivity index (χ2v) is 8.62. The summed E-state index contributed by atoms with van der Waals surface area (Å²) in [7, 11) is 0.289. The van der Waals surface area contributed by atoms with Crippen LogP contribution in [0.5, 0.6) is 11.5 Å². The fraction of sp³-hybridized carbons (Fsp3) is 0.381. The van der Waals surface area contributed by atoms with Gasteiger partial charge in [0.1, 0.15) is 22.9 Å². The SMILES string of the molecule is COC[C@@H](C)NC(=O)CN(c1cccc(OC)c1)S(=O)(=O)c1cc(C)ccc1OC. The highest BCUT2D eigenvalue weighted by molar-refractivity contribution is 7.93. The first-order valence-corrected chi connectivity index (χ1v) is 10.8. The smallest absolute Gasteiger partial charge is 0.268 e. The number of sulfonamides is 1. The Morgan fingerprint density at radius 3 is 2.47 bits per heavy atom. The number of amides is 1. The molecule has 0 unspecified atom stereocenters. The lowest BCUT2D eigenvalue weighted by Gasteiger charge is -2.26. The number of rotatable bonds is 10. The summed E-state index contributed by atoms with van der Waals surface area (Å²) in [6, 6.07) is 11.1. The van der Waals surface area contributed by atoms with Crippen LogP contribution < -0.4 is 19.1 Å². The van der Waals surface area contributed by atoms with E-state index in [1.165, 1.54) is 27.4 Å². The number of methoxy groups -OCH3 is 3. The van der Waals surface area contributed by atoms with Gasteiger partial charge in [-0.05, 0) is 43.7 Å². The first-order valence-electron chi connectivity index (χ1n) is 9.32. The summed E-state index contributed by atoms with van der Waals surface area (Å²) in [4.78, 5) is 12.6. The fourth-order valence-corrected chi connectivity index (χ4v) is 4.58. The number of carbonyl (C=O) groups is 1. The predicted molar refractivity (Wildman–Crippen MR) is 115 cm³/mol. The lowest BCUT2D eigenvalue weighted by atomic mass is 10.2. The molecule has 0 radical (unpaired) electrons. The van der Waals surface area contributed by atoms with Crippen LogP contribution in [-0.2, 0) is 19.6 Å². The molecular weight excluding hydrogens is 408 g/mol. The lowest BCUT2D eigenvalue weighted by molar-refractivity contribution is -0.120. The van der Waals surface area contributed by atoms with Crippen molar-refractivity contribution in [1.82, 2.24) is 5.32 Å². The second kappa shape index (κ2) is 10.3. The van der Waals surface area contributed by atoms with Crippen LogP contribution in [0, 0.1) is 6.92 Å². The van der Waals surface area contributed by atoms with E-state index in [2.05, 4.69) is 5.32 Å². The van der Waals surface area contributed by atoms with Crippen LogP contribution in [0.25, 0.3) is 0 Å². The quantitative estimate of drug-likeness (QED) is 0.615. The number of carbonyl (C=O) groups excluding carboxylic acids is 1. The minimum atomic E-state index is -4.13. The molecule has 0 aliphatic rings. The van der Waals surface area contributed by atoms with Crippen molar-refractivity contribution in [3.8, 4) is 11.5 Å². The van der Waals surface area contributed by atoms with Crippen LogP contribution in [0.1, 0.15) is 12.5 Å². The van der Waals surface area contributed by atoms with Gasteiger partial charge in [-0.2, -0.15) is 0 Å². The molecule has 1 atom stereocenters. The maximum Gasteiger partial charge on any atom is 0.268 e. The van der Waals surface area contributed by atoms with E-state index in [0.717, 1.165) is 9.87 Å². The largest absolute Gasteiger partial charge is 0.497 e. The summed E-state index contributed by atoms with van der Waals surface area (Å²) < 4.78 is 43.8. The maximum atomic E-state index is 13.6. The number of hydrogen-bond donors (Lipinski definition) is 1. The van der Waals surface area contributed by atoms with Crippen molar-refractivity contribution < 1.29 is 27.4 Å². The number of ether oxygens (including phenoxy) is 3. The summed E-state index contributed by atoms with van der Waals surface area (Å²) in [6.45, 7) is 3.45.